The van der Waals surface area contributed by atoms with E-state index in [1.165, 1.54) is 0 Å². The lowest BCUT2D eigenvalue weighted by Crippen LogP contribution is -2.54. The molecule has 2 bridgehead atoms. The van der Waals surface area contributed by atoms with Crippen LogP contribution in [0.25, 0.3) is 0 Å². The topological polar surface area (TPSA) is 145 Å². The van der Waals surface area contributed by atoms with Crippen LogP contribution < -0.4 is 10.9 Å². The maximum atomic E-state index is 12.1. The first-order valence-electron chi connectivity index (χ1n) is 6.58. The smallest absolute Gasteiger partial charge is 0.309 e. The molecule has 2 aliphatic rings. The first-order valence-corrected chi connectivity index (χ1v) is 7.95. The minimum absolute atomic E-state index is 0.0914. The molecule has 0 saturated carbocycles. The third-order valence-electron chi connectivity index (χ3n) is 3.45. The molecule has 0 aromatic carbocycles. The maximum Gasteiger partial charge on any atom is 0.418 e. The predicted molar refractivity (Wildman–Crippen MR) is 70.0 cm³/mol. The second-order valence-electron chi connectivity index (χ2n) is 4.90. The zero-order chi connectivity index (χ0) is 16.5. The van der Waals surface area contributed by atoms with Gasteiger partial charge in [-0.2, -0.15) is 13.5 Å². The Morgan fingerprint density at radius 1 is 1.36 bits per heavy atom. The lowest BCUT2D eigenvalue weighted by Gasteiger charge is -2.29. The third-order valence-corrected chi connectivity index (χ3v) is 3.80. The highest BCUT2D eigenvalue weighted by Crippen LogP contribution is 2.30. The summed E-state index contributed by atoms with van der Waals surface area (Å²) in [6.45, 7) is 1.70. The van der Waals surface area contributed by atoms with Crippen molar-refractivity contribution in [2.24, 2.45) is 0 Å². The van der Waals surface area contributed by atoms with Gasteiger partial charge in [0, 0.05) is 13.0 Å². The van der Waals surface area contributed by atoms with E-state index >= 15 is 0 Å². The van der Waals surface area contributed by atoms with E-state index in [-0.39, 0.29) is 25.3 Å². The number of fused-ring (bicyclic) bond motifs is 2. The highest BCUT2D eigenvalue weighted by atomic mass is 32.3. The summed E-state index contributed by atoms with van der Waals surface area (Å²) in [6.07, 6.45) is 0.777. The van der Waals surface area contributed by atoms with Crippen molar-refractivity contribution in [2.75, 3.05) is 6.54 Å². The molecule has 0 spiro atoms. The molecule has 0 aliphatic carbocycles. The SMILES string of the molecule is CCC(=O)NNC(=O)[C@@H]1CC[C@@H]2CN1C(=O)N2OS(=O)(=O)O. The summed E-state index contributed by atoms with van der Waals surface area (Å²) in [4.78, 5) is 36.3. The molecule has 2 aliphatic heterocycles. The van der Waals surface area contributed by atoms with Gasteiger partial charge in [0.05, 0.1) is 6.04 Å². The minimum atomic E-state index is -4.82. The van der Waals surface area contributed by atoms with E-state index < -0.39 is 34.4 Å². The number of carbonyl (C=O) groups excluding carboxylic acids is 3. The molecular weight excluding hydrogens is 320 g/mol. The van der Waals surface area contributed by atoms with Crippen LogP contribution in [0.4, 0.5) is 4.79 Å². The summed E-state index contributed by atoms with van der Waals surface area (Å²) in [5.74, 6) is -0.964. The average Bonchev–Trinajstić information content (AvgIpc) is 2.68. The summed E-state index contributed by atoms with van der Waals surface area (Å²) < 4.78 is 34.4. The Hall–Kier alpha value is -1.92. The second kappa shape index (κ2) is 6.06. The number of hydrazine groups is 1. The zero-order valence-corrected chi connectivity index (χ0v) is 12.5. The van der Waals surface area contributed by atoms with E-state index in [0.717, 1.165) is 4.90 Å². The van der Waals surface area contributed by atoms with Crippen LogP contribution in [0.2, 0.25) is 0 Å². The number of nitrogens with one attached hydrogen (secondary N) is 2. The number of hydrogen-bond donors (Lipinski definition) is 3. The van der Waals surface area contributed by atoms with Gasteiger partial charge in [0.15, 0.2) is 0 Å². The van der Waals surface area contributed by atoms with Crippen LogP contribution in [0.15, 0.2) is 0 Å². The van der Waals surface area contributed by atoms with Gasteiger partial charge in [0.1, 0.15) is 6.04 Å². The summed E-state index contributed by atoms with van der Waals surface area (Å²) >= 11 is 0. The lowest BCUT2D eigenvalue weighted by atomic mass is 10.0. The number of nitrogens with zero attached hydrogens (tertiary/aromatic N) is 2. The molecule has 2 atom stereocenters. The molecule has 0 aromatic heterocycles. The second-order valence-corrected chi connectivity index (χ2v) is 5.91. The van der Waals surface area contributed by atoms with Crippen molar-refractivity contribution in [2.45, 2.75) is 38.3 Å². The molecular formula is C10H16N4O7S. The van der Waals surface area contributed by atoms with E-state index in [1.54, 1.807) is 6.92 Å². The van der Waals surface area contributed by atoms with Crippen LogP contribution in [0.3, 0.4) is 0 Å². The fourth-order valence-corrected chi connectivity index (χ4v) is 2.80. The van der Waals surface area contributed by atoms with Crippen molar-refractivity contribution in [1.82, 2.24) is 20.8 Å². The molecule has 0 radical (unpaired) electrons. The average molecular weight is 336 g/mol. The van der Waals surface area contributed by atoms with Crippen molar-refractivity contribution >= 4 is 28.2 Å². The number of piperidine rings is 1. The fraction of sp³-hybridized carbons (Fsp3) is 0.700. The molecule has 0 unspecified atom stereocenters. The first kappa shape index (κ1) is 16.5. The quantitative estimate of drug-likeness (QED) is 0.420. The highest BCUT2D eigenvalue weighted by molar-refractivity contribution is 7.80. The maximum absolute atomic E-state index is 12.1. The Balaban J connectivity index is 2.02. The number of amides is 4. The van der Waals surface area contributed by atoms with Crippen molar-refractivity contribution in [3.8, 4) is 0 Å². The number of urea groups is 1. The highest BCUT2D eigenvalue weighted by Gasteiger charge is 2.49. The molecule has 2 heterocycles. The van der Waals surface area contributed by atoms with Crippen molar-refractivity contribution < 1.29 is 31.6 Å². The van der Waals surface area contributed by atoms with Gasteiger partial charge in [-0.25, -0.2) is 4.79 Å². The Morgan fingerprint density at radius 2 is 2.05 bits per heavy atom. The summed E-state index contributed by atoms with van der Waals surface area (Å²) in [6, 6.07) is -2.25. The standard InChI is InChI=1S/C10H16N4O7S/c1-2-8(15)11-12-9(16)7-4-3-6-5-13(7)10(17)14(6)21-22(18,19)20/h6-7H,2-5H2,1H3,(H,11,15)(H,12,16)(H,18,19,20)/t6-,7+/m1/s1. The summed E-state index contributed by atoms with van der Waals surface area (Å²) in [5, 5.41) is 0.549. The molecule has 124 valence electrons. The third kappa shape index (κ3) is 3.45. The van der Waals surface area contributed by atoms with Gasteiger partial charge in [-0.15, -0.1) is 4.28 Å². The molecule has 3 N–H and O–H groups in total. The summed E-state index contributed by atoms with van der Waals surface area (Å²) in [7, 11) is -4.82. The Morgan fingerprint density at radius 3 is 2.64 bits per heavy atom. The van der Waals surface area contributed by atoms with Crippen LogP contribution in [0.1, 0.15) is 26.2 Å². The number of hydrogen-bond acceptors (Lipinski definition) is 6. The van der Waals surface area contributed by atoms with Gasteiger partial charge in [-0.3, -0.25) is 25.0 Å². The first-order chi connectivity index (χ1) is 10.2. The summed E-state index contributed by atoms with van der Waals surface area (Å²) in [5.41, 5.74) is 4.40. The van der Waals surface area contributed by atoms with Crippen LogP contribution in [0.5, 0.6) is 0 Å². The van der Waals surface area contributed by atoms with Gasteiger partial charge >= 0.3 is 16.4 Å². The molecule has 4 amide bonds. The van der Waals surface area contributed by atoms with Gasteiger partial charge in [0.2, 0.25) is 5.91 Å². The van der Waals surface area contributed by atoms with Gasteiger partial charge < -0.3 is 4.90 Å². The van der Waals surface area contributed by atoms with Gasteiger partial charge in [-0.1, -0.05) is 6.92 Å². The Bertz CT molecular complexity index is 592. The normalized spacial score (nSPS) is 24.4. The lowest BCUT2D eigenvalue weighted by molar-refractivity contribution is -0.131. The van der Waals surface area contributed by atoms with Crippen LogP contribution >= 0.6 is 0 Å². The van der Waals surface area contributed by atoms with E-state index in [4.69, 9.17) is 4.55 Å². The molecule has 22 heavy (non-hydrogen) atoms. The Kier molecular flexibility index (Phi) is 4.53. The molecule has 2 fully saturated rings. The number of carbonyl (C=O) groups is 3. The van der Waals surface area contributed by atoms with Crippen LogP contribution in [0, 0.1) is 0 Å². The fourth-order valence-electron chi connectivity index (χ4n) is 2.41. The van der Waals surface area contributed by atoms with Crippen molar-refractivity contribution in [3.05, 3.63) is 0 Å². The van der Waals surface area contributed by atoms with Gasteiger partial charge in [-0.05, 0) is 12.8 Å². The van der Waals surface area contributed by atoms with E-state index in [9.17, 15) is 22.8 Å². The monoisotopic (exact) mass is 336 g/mol. The van der Waals surface area contributed by atoms with Crippen molar-refractivity contribution in [3.63, 3.8) is 0 Å². The van der Waals surface area contributed by atoms with Gasteiger partial charge in [0.25, 0.3) is 5.91 Å². The molecule has 11 nitrogen and oxygen atoms in total. The molecule has 0 aromatic rings. The van der Waals surface area contributed by atoms with Crippen LogP contribution in [-0.2, 0) is 24.3 Å². The molecule has 2 rings (SSSR count). The van der Waals surface area contributed by atoms with Crippen molar-refractivity contribution in [1.29, 1.82) is 0 Å². The largest absolute Gasteiger partial charge is 0.418 e. The van der Waals surface area contributed by atoms with E-state index in [2.05, 4.69) is 15.1 Å². The molecule has 2 saturated heterocycles. The van der Waals surface area contributed by atoms with Crippen LogP contribution in [-0.4, -0.2) is 59.4 Å². The number of rotatable bonds is 4. The number of hydroxylamine groups is 2. The van der Waals surface area contributed by atoms with E-state index in [0.29, 0.717) is 11.5 Å². The Labute approximate surface area is 126 Å². The minimum Gasteiger partial charge on any atom is -0.309 e. The molecule has 12 heteroatoms. The predicted octanol–water partition coefficient (Wildman–Crippen LogP) is -1.45. The zero-order valence-electron chi connectivity index (χ0n) is 11.7. The van der Waals surface area contributed by atoms with E-state index in [1.807, 2.05) is 0 Å².